The number of amides is 1. The van der Waals surface area contributed by atoms with Crippen molar-refractivity contribution in [2.75, 3.05) is 19.7 Å². The van der Waals surface area contributed by atoms with E-state index in [4.69, 9.17) is 9.84 Å². The largest absolute Gasteiger partial charge is 0.479 e. The molecular formula is C16H19NO4. The number of nitrogens with zero attached hydrogens (tertiary/aromatic N) is 1. The first-order chi connectivity index (χ1) is 10.1. The Hall–Kier alpha value is -1.88. The molecule has 0 saturated carbocycles. The Morgan fingerprint density at radius 3 is 2.71 bits per heavy atom. The van der Waals surface area contributed by atoms with Gasteiger partial charge in [-0.15, -0.1) is 0 Å². The normalized spacial score (nSPS) is 21.7. The predicted molar refractivity (Wildman–Crippen MR) is 76.4 cm³/mol. The van der Waals surface area contributed by atoms with Crippen LogP contribution in [0.4, 0.5) is 0 Å². The fourth-order valence-corrected chi connectivity index (χ4v) is 3.03. The smallest absolute Gasteiger partial charge is 0.334 e. The Morgan fingerprint density at radius 2 is 1.95 bits per heavy atom. The zero-order chi connectivity index (χ0) is 14.8. The fourth-order valence-electron chi connectivity index (χ4n) is 3.03. The van der Waals surface area contributed by atoms with E-state index in [1.54, 1.807) is 4.90 Å². The van der Waals surface area contributed by atoms with E-state index in [9.17, 15) is 9.59 Å². The summed E-state index contributed by atoms with van der Waals surface area (Å²) in [6.07, 6.45) is 3.58. The lowest BCUT2D eigenvalue weighted by molar-refractivity contribution is -0.154. The molecule has 1 aliphatic carbocycles. The van der Waals surface area contributed by atoms with Gasteiger partial charge in [-0.05, 0) is 48.9 Å². The van der Waals surface area contributed by atoms with E-state index >= 15 is 0 Å². The maximum atomic E-state index is 12.5. The summed E-state index contributed by atoms with van der Waals surface area (Å²) >= 11 is 0. The molecule has 3 rings (SSSR count). The van der Waals surface area contributed by atoms with E-state index in [1.165, 1.54) is 24.0 Å². The van der Waals surface area contributed by atoms with E-state index < -0.39 is 12.1 Å². The van der Waals surface area contributed by atoms with Crippen LogP contribution in [0.2, 0.25) is 0 Å². The number of carboxylic acids is 1. The van der Waals surface area contributed by atoms with Crippen LogP contribution in [0, 0.1) is 0 Å². The topological polar surface area (TPSA) is 66.8 Å². The SMILES string of the molecule is O=C(O)[C@@H]1CN(C(=O)c2ccc3c(c2)CCCC3)CCO1. The zero-order valence-electron chi connectivity index (χ0n) is 11.9. The second-order valence-corrected chi connectivity index (χ2v) is 5.64. The summed E-state index contributed by atoms with van der Waals surface area (Å²) in [5.41, 5.74) is 3.25. The van der Waals surface area contributed by atoms with E-state index in [0.29, 0.717) is 12.1 Å². The number of fused-ring (bicyclic) bond motifs is 1. The first-order valence-corrected chi connectivity index (χ1v) is 7.40. The number of hydrogen-bond acceptors (Lipinski definition) is 3. The van der Waals surface area contributed by atoms with Crippen LogP contribution in [0.15, 0.2) is 18.2 Å². The molecule has 5 heteroatoms. The van der Waals surface area contributed by atoms with Crippen LogP contribution in [0.1, 0.15) is 34.3 Å². The summed E-state index contributed by atoms with van der Waals surface area (Å²) in [4.78, 5) is 25.1. The van der Waals surface area contributed by atoms with Gasteiger partial charge in [0.15, 0.2) is 6.10 Å². The molecule has 1 aromatic rings. The first-order valence-electron chi connectivity index (χ1n) is 7.40. The molecule has 2 aliphatic rings. The molecule has 5 nitrogen and oxygen atoms in total. The summed E-state index contributed by atoms with van der Waals surface area (Å²) in [5.74, 6) is -1.11. The molecule has 112 valence electrons. The van der Waals surface area contributed by atoms with Crippen molar-refractivity contribution in [3.63, 3.8) is 0 Å². The highest BCUT2D eigenvalue weighted by Crippen LogP contribution is 2.23. The average molecular weight is 289 g/mol. The molecule has 1 N–H and O–H groups in total. The van der Waals surface area contributed by atoms with Crippen molar-refractivity contribution in [2.45, 2.75) is 31.8 Å². The number of carboxylic acid groups (broad SMARTS) is 1. The molecule has 1 aliphatic heterocycles. The lowest BCUT2D eigenvalue weighted by Crippen LogP contribution is -2.48. The minimum atomic E-state index is -1.02. The van der Waals surface area contributed by atoms with Crippen molar-refractivity contribution in [3.05, 3.63) is 34.9 Å². The maximum absolute atomic E-state index is 12.5. The summed E-state index contributed by atoms with van der Waals surface area (Å²) in [7, 11) is 0. The standard InChI is InChI=1S/C16H19NO4/c18-15(17-7-8-21-14(10-17)16(19)20)13-6-5-11-3-1-2-4-12(11)9-13/h5-6,9,14H,1-4,7-8,10H2,(H,19,20)/t14-/m0/s1. The number of aryl methyl sites for hydroxylation is 2. The molecule has 0 aromatic heterocycles. The minimum Gasteiger partial charge on any atom is -0.479 e. The monoisotopic (exact) mass is 289 g/mol. The Balaban J connectivity index is 1.77. The van der Waals surface area contributed by atoms with Gasteiger partial charge in [0, 0.05) is 12.1 Å². The van der Waals surface area contributed by atoms with Crippen LogP contribution in [0.25, 0.3) is 0 Å². The summed E-state index contributed by atoms with van der Waals surface area (Å²) in [6, 6.07) is 5.87. The van der Waals surface area contributed by atoms with Gasteiger partial charge in [0.05, 0.1) is 13.2 Å². The average Bonchev–Trinajstić information content (AvgIpc) is 2.53. The summed E-state index contributed by atoms with van der Waals surface area (Å²) in [5, 5.41) is 9.00. The number of hydrogen-bond donors (Lipinski definition) is 1. The van der Waals surface area contributed by atoms with Crippen LogP contribution in [0.5, 0.6) is 0 Å². The number of benzene rings is 1. The van der Waals surface area contributed by atoms with E-state index in [-0.39, 0.29) is 19.1 Å². The van der Waals surface area contributed by atoms with Gasteiger partial charge < -0.3 is 14.7 Å². The Morgan fingerprint density at radius 1 is 1.19 bits per heavy atom. The van der Waals surface area contributed by atoms with Gasteiger partial charge in [-0.1, -0.05) is 6.07 Å². The maximum Gasteiger partial charge on any atom is 0.334 e. The van der Waals surface area contributed by atoms with Gasteiger partial charge in [0.1, 0.15) is 0 Å². The van der Waals surface area contributed by atoms with Crippen LogP contribution < -0.4 is 0 Å². The highest BCUT2D eigenvalue weighted by Gasteiger charge is 2.29. The van der Waals surface area contributed by atoms with Crippen molar-refractivity contribution in [2.24, 2.45) is 0 Å². The Labute approximate surface area is 123 Å². The lowest BCUT2D eigenvalue weighted by Gasteiger charge is -2.31. The third-order valence-electron chi connectivity index (χ3n) is 4.22. The summed E-state index contributed by atoms with van der Waals surface area (Å²) < 4.78 is 5.15. The molecule has 0 unspecified atom stereocenters. The quantitative estimate of drug-likeness (QED) is 0.895. The number of rotatable bonds is 2. The van der Waals surface area contributed by atoms with Crippen LogP contribution in [-0.4, -0.2) is 47.7 Å². The molecule has 1 saturated heterocycles. The molecule has 1 atom stereocenters. The van der Waals surface area contributed by atoms with E-state index in [2.05, 4.69) is 0 Å². The second-order valence-electron chi connectivity index (χ2n) is 5.64. The van der Waals surface area contributed by atoms with Gasteiger partial charge in [0.2, 0.25) is 0 Å². The van der Waals surface area contributed by atoms with Crippen LogP contribution >= 0.6 is 0 Å². The van der Waals surface area contributed by atoms with Gasteiger partial charge in [-0.2, -0.15) is 0 Å². The molecular weight excluding hydrogens is 270 g/mol. The number of aliphatic carboxylic acids is 1. The Kier molecular flexibility index (Phi) is 3.92. The van der Waals surface area contributed by atoms with Gasteiger partial charge in [-0.3, -0.25) is 4.79 Å². The second kappa shape index (κ2) is 5.85. The molecule has 21 heavy (non-hydrogen) atoms. The van der Waals surface area contributed by atoms with Crippen LogP contribution in [-0.2, 0) is 22.4 Å². The molecule has 1 heterocycles. The molecule has 1 amide bonds. The van der Waals surface area contributed by atoms with Crippen molar-refractivity contribution in [3.8, 4) is 0 Å². The number of ether oxygens (including phenoxy) is 1. The predicted octanol–water partition coefficient (Wildman–Crippen LogP) is 1.49. The summed E-state index contributed by atoms with van der Waals surface area (Å²) in [6.45, 7) is 0.832. The highest BCUT2D eigenvalue weighted by molar-refractivity contribution is 5.95. The van der Waals surface area contributed by atoms with Crippen molar-refractivity contribution < 1.29 is 19.4 Å². The lowest BCUT2D eigenvalue weighted by atomic mass is 9.90. The number of carbonyl (C=O) groups is 2. The Bertz CT molecular complexity index is 569. The molecule has 0 radical (unpaired) electrons. The van der Waals surface area contributed by atoms with Gasteiger partial charge in [0.25, 0.3) is 5.91 Å². The van der Waals surface area contributed by atoms with Gasteiger partial charge >= 0.3 is 5.97 Å². The highest BCUT2D eigenvalue weighted by atomic mass is 16.5. The molecule has 1 fully saturated rings. The molecule has 0 spiro atoms. The van der Waals surface area contributed by atoms with Gasteiger partial charge in [-0.25, -0.2) is 4.79 Å². The van der Waals surface area contributed by atoms with Crippen LogP contribution in [0.3, 0.4) is 0 Å². The third kappa shape index (κ3) is 2.93. The number of morpholine rings is 1. The molecule has 1 aromatic carbocycles. The van der Waals surface area contributed by atoms with E-state index in [0.717, 1.165) is 12.8 Å². The van der Waals surface area contributed by atoms with E-state index in [1.807, 2.05) is 18.2 Å². The zero-order valence-corrected chi connectivity index (χ0v) is 11.9. The van der Waals surface area contributed by atoms with Crippen molar-refractivity contribution >= 4 is 11.9 Å². The third-order valence-corrected chi connectivity index (χ3v) is 4.22. The van der Waals surface area contributed by atoms with Crippen molar-refractivity contribution in [1.82, 2.24) is 4.90 Å². The number of carbonyl (C=O) groups excluding carboxylic acids is 1. The minimum absolute atomic E-state index is 0.0991. The van der Waals surface area contributed by atoms with Crippen molar-refractivity contribution in [1.29, 1.82) is 0 Å². The fraction of sp³-hybridized carbons (Fsp3) is 0.500. The molecule has 0 bridgehead atoms. The first kappa shape index (κ1) is 14.1.